The number of hydrogen-bond donors (Lipinski definition) is 1. The van der Waals surface area contributed by atoms with E-state index in [-0.39, 0.29) is 11.9 Å². The third-order valence-corrected chi connectivity index (χ3v) is 6.56. The molecular formula is C16H23N3O3S. The lowest BCUT2D eigenvalue weighted by Gasteiger charge is -2.24. The highest BCUT2D eigenvalue weighted by Gasteiger charge is 2.34. The van der Waals surface area contributed by atoms with E-state index >= 15 is 0 Å². The van der Waals surface area contributed by atoms with Crippen molar-refractivity contribution >= 4 is 21.6 Å². The third-order valence-electron chi connectivity index (χ3n) is 4.59. The van der Waals surface area contributed by atoms with Crippen molar-refractivity contribution in [3.8, 4) is 0 Å². The van der Waals surface area contributed by atoms with Crippen molar-refractivity contribution in [3.05, 3.63) is 24.3 Å². The van der Waals surface area contributed by atoms with Crippen molar-refractivity contribution in [1.82, 2.24) is 9.62 Å². The summed E-state index contributed by atoms with van der Waals surface area (Å²) in [6.07, 6.45) is 3.21. The van der Waals surface area contributed by atoms with Crippen LogP contribution < -0.4 is 10.2 Å². The minimum absolute atomic E-state index is 0.0184. The molecule has 6 nitrogen and oxygen atoms in total. The monoisotopic (exact) mass is 337 g/mol. The van der Waals surface area contributed by atoms with Gasteiger partial charge in [-0.15, -0.1) is 0 Å². The predicted octanol–water partition coefficient (Wildman–Crippen LogP) is 1.19. The number of benzene rings is 1. The van der Waals surface area contributed by atoms with Gasteiger partial charge in [-0.2, -0.15) is 4.31 Å². The molecule has 1 N–H and O–H groups in total. The zero-order chi connectivity index (χ0) is 16.4. The topological polar surface area (TPSA) is 69.7 Å². The minimum Gasteiger partial charge on any atom is -0.318 e. The highest BCUT2D eigenvalue weighted by atomic mass is 32.2. The number of nitrogens with zero attached hydrogens (tertiary/aromatic N) is 2. The molecule has 1 aromatic rings. The van der Waals surface area contributed by atoms with E-state index in [1.54, 1.807) is 33.5 Å². The molecule has 2 saturated heterocycles. The van der Waals surface area contributed by atoms with Crippen molar-refractivity contribution in [1.29, 1.82) is 0 Å². The first-order chi connectivity index (χ1) is 11.0. The molecule has 0 aromatic heterocycles. The van der Waals surface area contributed by atoms with Crippen molar-refractivity contribution < 1.29 is 13.2 Å². The maximum atomic E-state index is 12.8. The SMILES string of the molecule is CNCC1CCCN1S(=O)(=O)c1ccc(N2CCCC2=O)cc1. The van der Waals surface area contributed by atoms with Crippen molar-refractivity contribution in [2.75, 3.05) is 31.6 Å². The van der Waals surface area contributed by atoms with E-state index in [1.165, 1.54) is 0 Å². The first kappa shape index (κ1) is 16.4. The molecule has 0 radical (unpaired) electrons. The number of rotatable bonds is 5. The lowest BCUT2D eigenvalue weighted by molar-refractivity contribution is -0.117. The van der Waals surface area contributed by atoms with Crippen LogP contribution in [-0.4, -0.2) is 51.4 Å². The van der Waals surface area contributed by atoms with Crippen LogP contribution in [0.25, 0.3) is 0 Å². The molecule has 0 spiro atoms. The van der Waals surface area contributed by atoms with Gasteiger partial charge in [0.1, 0.15) is 0 Å². The molecule has 0 saturated carbocycles. The lowest BCUT2D eigenvalue weighted by atomic mass is 10.2. The van der Waals surface area contributed by atoms with Crippen molar-refractivity contribution in [2.24, 2.45) is 0 Å². The van der Waals surface area contributed by atoms with Gasteiger partial charge in [-0.05, 0) is 50.6 Å². The molecule has 3 rings (SSSR count). The smallest absolute Gasteiger partial charge is 0.243 e. The zero-order valence-electron chi connectivity index (χ0n) is 13.4. The maximum absolute atomic E-state index is 12.8. The van der Waals surface area contributed by atoms with Crippen LogP contribution in [0.5, 0.6) is 0 Å². The molecule has 0 bridgehead atoms. The van der Waals surface area contributed by atoms with E-state index in [0.717, 1.165) is 24.9 Å². The van der Waals surface area contributed by atoms with Gasteiger partial charge >= 0.3 is 0 Å². The molecule has 1 atom stereocenters. The van der Waals surface area contributed by atoms with Crippen LogP contribution in [-0.2, 0) is 14.8 Å². The number of hydrogen-bond acceptors (Lipinski definition) is 4. The van der Waals surface area contributed by atoms with Crippen LogP contribution in [0.4, 0.5) is 5.69 Å². The Morgan fingerprint density at radius 1 is 1.17 bits per heavy atom. The summed E-state index contributed by atoms with van der Waals surface area (Å²) in [6, 6.07) is 6.72. The summed E-state index contributed by atoms with van der Waals surface area (Å²) in [4.78, 5) is 13.8. The fraction of sp³-hybridized carbons (Fsp3) is 0.562. The van der Waals surface area contributed by atoms with E-state index in [1.807, 2.05) is 7.05 Å². The van der Waals surface area contributed by atoms with E-state index in [2.05, 4.69) is 5.32 Å². The Morgan fingerprint density at radius 3 is 2.52 bits per heavy atom. The summed E-state index contributed by atoms with van der Waals surface area (Å²) < 4.78 is 27.3. The van der Waals surface area contributed by atoms with Gasteiger partial charge in [-0.3, -0.25) is 4.79 Å². The van der Waals surface area contributed by atoms with E-state index in [4.69, 9.17) is 0 Å². The average molecular weight is 337 g/mol. The first-order valence-electron chi connectivity index (χ1n) is 8.11. The minimum atomic E-state index is -3.47. The molecule has 2 aliphatic heterocycles. The molecule has 1 amide bonds. The van der Waals surface area contributed by atoms with Gasteiger partial charge in [0.25, 0.3) is 0 Å². The number of anilines is 1. The summed E-state index contributed by atoms with van der Waals surface area (Å²) in [7, 11) is -1.64. The van der Waals surface area contributed by atoms with Crippen molar-refractivity contribution in [3.63, 3.8) is 0 Å². The van der Waals surface area contributed by atoms with Gasteiger partial charge in [0.15, 0.2) is 0 Å². The molecule has 23 heavy (non-hydrogen) atoms. The third kappa shape index (κ3) is 3.13. The van der Waals surface area contributed by atoms with Gasteiger partial charge < -0.3 is 10.2 Å². The molecule has 2 heterocycles. The van der Waals surface area contributed by atoms with Gasteiger partial charge in [-0.1, -0.05) is 0 Å². The molecule has 2 fully saturated rings. The summed E-state index contributed by atoms with van der Waals surface area (Å²) in [5.74, 6) is 0.106. The summed E-state index contributed by atoms with van der Waals surface area (Å²) >= 11 is 0. The fourth-order valence-electron chi connectivity index (χ4n) is 3.42. The summed E-state index contributed by atoms with van der Waals surface area (Å²) in [5, 5.41) is 3.06. The van der Waals surface area contributed by atoms with E-state index in [9.17, 15) is 13.2 Å². The van der Waals surface area contributed by atoms with Crippen LogP contribution in [0.2, 0.25) is 0 Å². The highest BCUT2D eigenvalue weighted by Crippen LogP contribution is 2.28. The van der Waals surface area contributed by atoms with E-state index < -0.39 is 10.0 Å². The largest absolute Gasteiger partial charge is 0.318 e. The van der Waals surface area contributed by atoms with Crippen molar-refractivity contribution in [2.45, 2.75) is 36.6 Å². The second-order valence-electron chi connectivity index (χ2n) is 6.11. The number of amides is 1. The van der Waals surface area contributed by atoms with Gasteiger partial charge in [0.2, 0.25) is 15.9 Å². The number of carbonyl (C=O) groups excluding carboxylic acids is 1. The lowest BCUT2D eigenvalue weighted by Crippen LogP contribution is -2.40. The second-order valence-corrected chi connectivity index (χ2v) is 8.00. The maximum Gasteiger partial charge on any atom is 0.243 e. The Hall–Kier alpha value is -1.44. The molecule has 7 heteroatoms. The number of sulfonamides is 1. The Bertz CT molecular complexity index is 672. The first-order valence-corrected chi connectivity index (χ1v) is 9.55. The van der Waals surface area contributed by atoms with Gasteiger partial charge in [-0.25, -0.2) is 8.42 Å². The molecule has 1 aromatic carbocycles. The van der Waals surface area contributed by atoms with E-state index in [0.29, 0.717) is 31.0 Å². The number of nitrogens with one attached hydrogen (secondary N) is 1. The Morgan fingerprint density at radius 2 is 1.91 bits per heavy atom. The van der Waals surface area contributed by atoms with Crippen LogP contribution in [0.15, 0.2) is 29.2 Å². The van der Waals surface area contributed by atoms with Crippen LogP contribution >= 0.6 is 0 Å². The summed E-state index contributed by atoms with van der Waals surface area (Å²) in [6.45, 7) is 1.95. The normalized spacial score (nSPS) is 22.9. The molecular weight excluding hydrogens is 314 g/mol. The molecule has 1 unspecified atom stereocenters. The van der Waals surface area contributed by atoms with Crippen LogP contribution in [0, 0.1) is 0 Å². The fourth-order valence-corrected chi connectivity index (χ4v) is 5.11. The number of carbonyl (C=O) groups is 1. The molecule has 2 aliphatic rings. The summed E-state index contributed by atoms with van der Waals surface area (Å²) in [5.41, 5.74) is 0.777. The standard InChI is InChI=1S/C16H23N3O3S/c1-17-12-14-4-2-11-19(14)23(21,22)15-8-6-13(7-9-15)18-10-3-5-16(18)20/h6-9,14,17H,2-5,10-12H2,1H3. The van der Waals surface area contributed by atoms with Crippen LogP contribution in [0.3, 0.4) is 0 Å². The Labute approximate surface area is 137 Å². The highest BCUT2D eigenvalue weighted by molar-refractivity contribution is 7.89. The zero-order valence-corrected chi connectivity index (χ0v) is 14.2. The molecule has 126 valence electrons. The quantitative estimate of drug-likeness (QED) is 0.876. The van der Waals surface area contributed by atoms with Crippen LogP contribution in [0.1, 0.15) is 25.7 Å². The Kier molecular flexibility index (Phi) is 4.70. The van der Waals surface area contributed by atoms with Gasteiger partial charge in [0.05, 0.1) is 4.90 Å². The average Bonchev–Trinajstić information content (AvgIpc) is 3.17. The predicted molar refractivity (Wildman–Crippen MR) is 88.9 cm³/mol. The second kappa shape index (κ2) is 6.59. The molecule has 0 aliphatic carbocycles. The Balaban J connectivity index is 1.81. The van der Waals surface area contributed by atoms with Gasteiger partial charge in [0, 0.05) is 37.8 Å². The number of likely N-dealkylation sites (N-methyl/N-ethyl adjacent to an activating group) is 1.